The second-order valence-electron chi connectivity index (χ2n) is 4.21. The van der Waals surface area contributed by atoms with Gasteiger partial charge in [-0.15, -0.1) is 0 Å². The molecule has 1 atom stereocenters. The number of rotatable bonds is 3. The van der Waals surface area contributed by atoms with Crippen molar-refractivity contribution in [2.24, 2.45) is 11.7 Å². The summed E-state index contributed by atoms with van der Waals surface area (Å²) in [7, 11) is -3.38. The van der Waals surface area contributed by atoms with Crippen LogP contribution in [-0.4, -0.2) is 32.4 Å². The first kappa shape index (κ1) is 12.8. The summed E-state index contributed by atoms with van der Waals surface area (Å²) in [5.74, 6) is 0.275. The number of hydrogen-bond acceptors (Lipinski definition) is 3. The predicted octanol–water partition coefficient (Wildman–Crippen LogP) is 1.31. The first-order valence-corrected chi connectivity index (χ1v) is 7.31. The highest BCUT2D eigenvalue weighted by Crippen LogP contribution is 2.24. The van der Waals surface area contributed by atoms with Gasteiger partial charge < -0.3 is 5.73 Å². The van der Waals surface area contributed by atoms with Gasteiger partial charge in [0.25, 0.3) is 0 Å². The van der Waals surface area contributed by atoms with Gasteiger partial charge in [0.15, 0.2) is 0 Å². The average Bonchev–Trinajstić information content (AvgIpc) is 2.78. The molecule has 1 aromatic carbocycles. The Morgan fingerprint density at radius 1 is 1.35 bits per heavy atom. The summed E-state index contributed by atoms with van der Waals surface area (Å²) in [5.41, 5.74) is 5.56. The molecule has 1 aliphatic heterocycles. The Morgan fingerprint density at radius 2 is 2.00 bits per heavy atom. The fourth-order valence-corrected chi connectivity index (χ4v) is 3.62. The number of hydrogen-bond donors (Lipinski definition) is 1. The molecule has 6 heteroatoms. The van der Waals surface area contributed by atoms with E-state index >= 15 is 0 Å². The van der Waals surface area contributed by atoms with Crippen LogP contribution in [0.25, 0.3) is 0 Å². The smallest absolute Gasteiger partial charge is 0.243 e. The summed E-state index contributed by atoms with van der Waals surface area (Å²) in [6.45, 7) is 1.60. The lowest BCUT2D eigenvalue weighted by molar-refractivity contribution is 0.459. The monoisotopic (exact) mass is 274 g/mol. The first-order chi connectivity index (χ1) is 8.04. The summed E-state index contributed by atoms with van der Waals surface area (Å²) in [6, 6.07) is 6.25. The molecule has 0 amide bonds. The molecule has 1 aromatic rings. The van der Waals surface area contributed by atoms with Crippen molar-refractivity contribution in [3.05, 3.63) is 29.3 Å². The maximum atomic E-state index is 12.2. The highest BCUT2D eigenvalue weighted by Gasteiger charge is 2.31. The quantitative estimate of drug-likeness (QED) is 0.904. The van der Waals surface area contributed by atoms with Gasteiger partial charge in [-0.05, 0) is 43.1 Å². The first-order valence-electron chi connectivity index (χ1n) is 5.50. The van der Waals surface area contributed by atoms with E-state index in [1.54, 1.807) is 12.1 Å². The molecule has 2 N–H and O–H groups in total. The van der Waals surface area contributed by atoms with Gasteiger partial charge in [-0.25, -0.2) is 8.42 Å². The number of sulfonamides is 1. The molecular formula is C11H15ClN2O2S. The largest absolute Gasteiger partial charge is 0.330 e. The number of halogens is 1. The molecule has 0 bridgehead atoms. The van der Waals surface area contributed by atoms with Crippen LogP contribution in [0.3, 0.4) is 0 Å². The van der Waals surface area contributed by atoms with E-state index in [1.807, 2.05) is 0 Å². The Labute approximate surface area is 106 Å². The van der Waals surface area contributed by atoms with Crippen molar-refractivity contribution in [1.29, 1.82) is 0 Å². The highest BCUT2D eigenvalue weighted by molar-refractivity contribution is 7.89. The molecule has 94 valence electrons. The Balaban J connectivity index is 2.22. The van der Waals surface area contributed by atoms with E-state index in [-0.39, 0.29) is 5.92 Å². The minimum absolute atomic E-state index is 0.275. The minimum Gasteiger partial charge on any atom is -0.330 e. The minimum atomic E-state index is -3.38. The van der Waals surface area contributed by atoms with Crippen LogP contribution in [0.5, 0.6) is 0 Å². The van der Waals surface area contributed by atoms with Crippen molar-refractivity contribution in [3.63, 3.8) is 0 Å². The van der Waals surface area contributed by atoms with E-state index in [1.165, 1.54) is 16.4 Å². The SMILES string of the molecule is NCC1CCN(S(=O)(=O)c2ccc(Cl)cc2)C1. The summed E-state index contributed by atoms with van der Waals surface area (Å²) >= 11 is 5.74. The molecule has 4 nitrogen and oxygen atoms in total. The lowest BCUT2D eigenvalue weighted by Crippen LogP contribution is -2.29. The Morgan fingerprint density at radius 3 is 2.53 bits per heavy atom. The van der Waals surface area contributed by atoms with Gasteiger partial charge in [0.1, 0.15) is 0 Å². The van der Waals surface area contributed by atoms with Crippen molar-refractivity contribution < 1.29 is 8.42 Å². The van der Waals surface area contributed by atoms with Crippen molar-refractivity contribution in [2.45, 2.75) is 11.3 Å². The van der Waals surface area contributed by atoms with E-state index in [4.69, 9.17) is 17.3 Å². The molecular weight excluding hydrogens is 260 g/mol. The van der Waals surface area contributed by atoms with Gasteiger partial charge in [-0.1, -0.05) is 11.6 Å². The molecule has 1 fully saturated rings. The van der Waals surface area contributed by atoms with Gasteiger partial charge >= 0.3 is 0 Å². The van der Waals surface area contributed by atoms with E-state index in [0.717, 1.165) is 6.42 Å². The molecule has 0 spiro atoms. The fourth-order valence-electron chi connectivity index (χ4n) is 1.96. The molecule has 1 unspecified atom stereocenters. The van der Waals surface area contributed by atoms with Crippen LogP contribution < -0.4 is 5.73 Å². The van der Waals surface area contributed by atoms with Gasteiger partial charge in [-0.3, -0.25) is 0 Å². The van der Waals surface area contributed by atoms with Gasteiger partial charge in [0.2, 0.25) is 10.0 Å². The van der Waals surface area contributed by atoms with Crippen LogP contribution in [-0.2, 0) is 10.0 Å². The number of nitrogens with zero attached hydrogens (tertiary/aromatic N) is 1. The Bertz CT molecular complexity index is 487. The van der Waals surface area contributed by atoms with E-state index < -0.39 is 10.0 Å². The standard InChI is InChI=1S/C11H15ClN2O2S/c12-10-1-3-11(4-2-10)17(15,16)14-6-5-9(7-13)8-14/h1-4,9H,5-8,13H2. The van der Waals surface area contributed by atoms with Crippen molar-refractivity contribution in [3.8, 4) is 0 Å². The average molecular weight is 275 g/mol. The van der Waals surface area contributed by atoms with Gasteiger partial charge in [-0.2, -0.15) is 4.31 Å². The maximum absolute atomic E-state index is 12.2. The third-order valence-corrected chi connectivity index (χ3v) is 5.16. The second kappa shape index (κ2) is 4.94. The summed E-state index contributed by atoms with van der Waals surface area (Å²) in [4.78, 5) is 0.291. The number of nitrogens with two attached hydrogens (primary N) is 1. The second-order valence-corrected chi connectivity index (χ2v) is 6.58. The van der Waals surface area contributed by atoms with Crippen LogP contribution in [0.15, 0.2) is 29.2 Å². The third kappa shape index (κ3) is 2.63. The molecule has 0 radical (unpaired) electrons. The van der Waals surface area contributed by atoms with E-state index in [9.17, 15) is 8.42 Å². The zero-order valence-electron chi connectivity index (χ0n) is 9.34. The number of benzene rings is 1. The topological polar surface area (TPSA) is 63.4 Å². The maximum Gasteiger partial charge on any atom is 0.243 e. The van der Waals surface area contributed by atoms with Gasteiger partial charge in [0, 0.05) is 18.1 Å². The van der Waals surface area contributed by atoms with Crippen LogP contribution >= 0.6 is 11.6 Å². The van der Waals surface area contributed by atoms with Crippen LogP contribution in [0, 0.1) is 5.92 Å². The van der Waals surface area contributed by atoms with Crippen molar-refractivity contribution in [2.75, 3.05) is 19.6 Å². The van der Waals surface area contributed by atoms with E-state index in [0.29, 0.717) is 29.6 Å². The molecule has 0 aromatic heterocycles. The lowest BCUT2D eigenvalue weighted by atomic mass is 10.1. The third-order valence-electron chi connectivity index (χ3n) is 3.03. The zero-order valence-corrected chi connectivity index (χ0v) is 10.9. The molecule has 1 saturated heterocycles. The Hall–Kier alpha value is -0.620. The van der Waals surface area contributed by atoms with Gasteiger partial charge in [0.05, 0.1) is 4.90 Å². The normalized spacial score (nSPS) is 21.9. The summed E-state index contributed by atoms with van der Waals surface area (Å²) in [5, 5.41) is 0.533. The lowest BCUT2D eigenvalue weighted by Gasteiger charge is -2.16. The molecule has 2 rings (SSSR count). The van der Waals surface area contributed by atoms with Crippen LogP contribution in [0.2, 0.25) is 5.02 Å². The van der Waals surface area contributed by atoms with Crippen LogP contribution in [0.1, 0.15) is 6.42 Å². The zero-order chi connectivity index (χ0) is 12.5. The summed E-state index contributed by atoms with van der Waals surface area (Å²) < 4.78 is 26.0. The van der Waals surface area contributed by atoms with E-state index in [2.05, 4.69) is 0 Å². The fraction of sp³-hybridized carbons (Fsp3) is 0.455. The Kier molecular flexibility index (Phi) is 3.73. The molecule has 17 heavy (non-hydrogen) atoms. The summed E-state index contributed by atoms with van der Waals surface area (Å²) in [6.07, 6.45) is 0.837. The highest BCUT2D eigenvalue weighted by atomic mass is 35.5. The molecule has 0 saturated carbocycles. The molecule has 0 aliphatic carbocycles. The molecule has 1 heterocycles. The van der Waals surface area contributed by atoms with Crippen molar-refractivity contribution >= 4 is 21.6 Å². The van der Waals surface area contributed by atoms with Crippen LogP contribution in [0.4, 0.5) is 0 Å². The van der Waals surface area contributed by atoms with Crippen molar-refractivity contribution in [1.82, 2.24) is 4.31 Å². The predicted molar refractivity (Wildman–Crippen MR) is 67.4 cm³/mol. The molecule has 1 aliphatic rings.